The van der Waals surface area contributed by atoms with Crippen molar-refractivity contribution < 1.29 is 21.7 Å². The maximum absolute atomic E-state index is 5.17. The predicted molar refractivity (Wildman–Crippen MR) is 126 cm³/mol. The zero-order valence-electron chi connectivity index (χ0n) is 19.2. The van der Waals surface area contributed by atoms with Crippen molar-refractivity contribution in [1.29, 1.82) is 0 Å². The fourth-order valence-electron chi connectivity index (χ4n) is 0.931. The Balaban J connectivity index is -0.0000000873. The van der Waals surface area contributed by atoms with E-state index in [1.165, 1.54) is 0 Å². The van der Waals surface area contributed by atoms with Gasteiger partial charge in [0.2, 0.25) is 0 Å². The molecule has 0 saturated carbocycles. The number of hydrogen-bond acceptors (Lipinski definition) is 4. The standard InChI is InChI=1S/4C4H10N3.Ti/c4*1-3-7-4(5)6-2;/h4*3H2,1-2H3,(H2-,5,6,7);/q4*-1;+4. The molecule has 168 valence electrons. The van der Waals surface area contributed by atoms with E-state index < -0.39 is 0 Å². The van der Waals surface area contributed by atoms with E-state index >= 15 is 0 Å². The molecule has 0 aliphatic heterocycles. The summed E-state index contributed by atoms with van der Waals surface area (Å²) in [5.41, 5.74) is 20.7. The van der Waals surface area contributed by atoms with Gasteiger partial charge in [0, 0.05) is 23.8 Å². The van der Waals surface area contributed by atoms with E-state index in [1.807, 2.05) is 27.7 Å². The minimum Gasteiger partial charge on any atom is -0.454 e. The van der Waals surface area contributed by atoms with Crippen molar-refractivity contribution in [3.05, 3.63) is 21.3 Å². The molecule has 0 spiro atoms. The van der Waals surface area contributed by atoms with E-state index in [1.54, 1.807) is 28.2 Å². The van der Waals surface area contributed by atoms with Crippen LogP contribution in [0.3, 0.4) is 0 Å². The summed E-state index contributed by atoms with van der Waals surface area (Å²) >= 11 is 0. The van der Waals surface area contributed by atoms with E-state index in [0.29, 0.717) is 50.0 Å². The largest absolute Gasteiger partial charge is 4.00 e. The van der Waals surface area contributed by atoms with Crippen molar-refractivity contribution in [3.63, 3.8) is 0 Å². The number of hydrogen-bond donors (Lipinski definition) is 4. The smallest absolute Gasteiger partial charge is 0.454 e. The van der Waals surface area contributed by atoms with Crippen LogP contribution in [0.1, 0.15) is 27.7 Å². The second-order valence-corrected chi connectivity index (χ2v) is 4.22. The summed E-state index contributed by atoms with van der Waals surface area (Å²) in [5.74, 6) is 1.51. The van der Waals surface area contributed by atoms with Gasteiger partial charge in [0.15, 0.2) is 0 Å². The van der Waals surface area contributed by atoms with E-state index in [-0.39, 0.29) is 21.7 Å². The first-order chi connectivity index (χ1) is 13.2. The van der Waals surface area contributed by atoms with Gasteiger partial charge in [-0.25, -0.2) is 0 Å². The van der Waals surface area contributed by atoms with Crippen LogP contribution in [-0.4, -0.2) is 78.2 Å². The van der Waals surface area contributed by atoms with Crippen molar-refractivity contribution in [2.45, 2.75) is 27.7 Å². The summed E-state index contributed by atoms with van der Waals surface area (Å²) in [4.78, 5) is 15.1. The number of rotatable bonds is 4. The molecule has 0 radical (unpaired) electrons. The molecule has 13 heteroatoms. The van der Waals surface area contributed by atoms with Crippen LogP contribution in [0, 0.1) is 0 Å². The van der Waals surface area contributed by atoms with Crippen LogP contribution in [-0.2, 0) is 21.7 Å². The molecule has 0 amide bonds. The normalized spacial score (nSPS) is 11.0. The van der Waals surface area contributed by atoms with Crippen molar-refractivity contribution in [2.75, 3.05) is 54.4 Å². The van der Waals surface area contributed by atoms with Gasteiger partial charge in [-0.1, -0.05) is 27.7 Å². The SMILES string of the molecule is CCN=C(N)[N-]C.CCN=C(N)[N-]C.CCN=C(N)[N-]C.CCN=C(N)[N-]C.[Ti+4]. The van der Waals surface area contributed by atoms with Gasteiger partial charge in [-0.15, -0.1) is 0 Å². The molecule has 12 nitrogen and oxygen atoms in total. The van der Waals surface area contributed by atoms with Gasteiger partial charge in [-0.2, -0.15) is 0 Å². The second kappa shape index (κ2) is 33.4. The Morgan fingerprint density at radius 1 is 0.483 bits per heavy atom. The molecule has 0 aromatic rings. The first kappa shape index (κ1) is 37.5. The molecule has 0 aliphatic rings. The first-order valence-electron chi connectivity index (χ1n) is 8.83. The Morgan fingerprint density at radius 3 is 0.655 bits per heavy atom. The third kappa shape index (κ3) is 46.1. The van der Waals surface area contributed by atoms with Gasteiger partial charge in [-0.3, -0.25) is 0 Å². The Kier molecular flexibility index (Phi) is 43.2. The van der Waals surface area contributed by atoms with E-state index in [4.69, 9.17) is 22.9 Å². The summed E-state index contributed by atoms with van der Waals surface area (Å²) < 4.78 is 0. The van der Waals surface area contributed by atoms with Gasteiger partial charge in [0.25, 0.3) is 0 Å². The first-order valence-corrected chi connectivity index (χ1v) is 8.83. The quantitative estimate of drug-likeness (QED) is 0.284. The van der Waals surface area contributed by atoms with Crippen molar-refractivity contribution in [2.24, 2.45) is 42.9 Å². The van der Waals surface area contributed by atoms with Crippen molar-refractivity contribution >= 4 is 23.8 Å². The Hall–Kier alpha value is -2.21. The molecule has 0 rings (SSSR count). The summed E-state index contributed by atoms with van der Waals surface area (Å²) in [6, 6.07) is 0. The van der Waals surface area contributed by atoms with Crippen LogP contribution < -0.4 is 22.9 Å². The maximum atomic E-state index is 5.17. The van der Waals surface area contributed by atoms with Crippen LogP contribution in [0.25, 0.3) is 21.3 Å². The molecule has 0 heterocycles. The Labute approximate surface area is 191 Å². The molecule has 8 N–H and O–H groups in total. The van der Waals surface area contributed by atoms with Gasteiger partial charge in [0.1, 0.15) is 0 Å². The Morgan fingerprint density at radius 2 is 0.621 bits per heavy atom. The molecule has 0 aromatic heterocycles. The zero-order chi connectivity index (χ0) is 22.8. The average Bonchev–Trinajstić information content (AvgIpc) is 2.70. The van der Waals surface area contributed by atoms with Crippen LogP contribution >= 0.6 is 0 Å². The van der Waals surface area contributed by atoms with Crippen molar-refractivity contribution in [3.8, 4) is 0 Å². The third-order valence-corrected chi connectivity index (χ3v) is 2.20. The number of aliphatic imine (C=N–C) groups is 4. The second-order valence-electron chi connectivity index (χ2n) is 4.22. The van der Waals surface area contributed by atoms with Gasteiger partial charge >= 0.3 is 21.7 Å². The zero-order valence-corrected chi connectivity index (χ0v) is 20.8. The maximum Gasteiger partial charge on any atom is 4.00 e. The van der Waals surface area contributed by atoms with Crippen molar-refractivity contribution in [1.82, 2.24) is 0 Å². The molecule has 29 heavy (non-hydrogen) atoms. The third-order valence-electron chi connectivity index (χ3n) is 2.20. The van der Waals surface area contributed by atoms with Gasteiger partial charge in [0.05, 0.1) is 0 Å². The molecule has 0 aliphatic carbocycles. The molecule has 0 fully saturated rings. The van der Waals surface area contributed by atoms with Crippen LogP contribution in [0.4, 0.5) is 0 Å². The minimum atomic E-state index is 0. The van der Waals surface area contributed by atoms with Crippen LogP contribution in [0.15, 0.2) is 20.0 Å². The fraction of sp³-hybridized carbons (Fsp3) is 0.750. The molecule has 0 unspecified atom stereocenters. The van der Waals surface area contributed by atoms with Gasteiger partial charge in [-0.05, 0) is 54.4 Å². The van der Waals surface area contributed by atoms with E-state index in [9.17, 15) is 0 Å². The molecule has 0 atom stereocenters. The predicted octanol–water partition coefficient (Wildman–Crippen LogP) is 1.30. The minimum absolute atomic E-state index is 0. The number of guanidine groups is 4. The molecular formula is C16H40N12Ti. The molecule has 0 aromatic carbocycles. The fourth-order valence-corrected chi connectivity index (χ4v) is 0.931. The monoisotopic (exact) mass is 448 g/mol. The topological polar surface area (TPSA) is 210 Å². The number of nitrogens with two attached hydrogens (primary N) is 4. The van der Waals surface area contributed by atoms with E-state index in [2.05, 4.69) is 41.2 Å². The summed E-state index contributed by atoms with van der Waals surface area (Å²) in [7, 11) is 6.48. The Bertz CT molecular complexity index is 356. The van der Waals surface area contributed by atoms with E-state index in [0.717, 1.165) is 0 Å². The molecule has 0 bridgehead atoms. The summed E-state index contributed by atoms with van der Waals surface area (Å²) in [5, 5.41) is 14.4. The van der Waals surface area contributed by atoms with Crippen LogP contribution in [0.5, 0.6) is 0 Å². The average molecular weight is 448 g/mol. The van der Waals surface area contributed by atoms with Gasteiger partial charge < -0.3 is 64.2 Å². The molecule has 0 saturated heterocycles. The van der Waals surface area contributed by atoms with Crippen LogP contribution in [0.2, 0.25) is 0 Å². The number of nitrogens with zero attached hydrogens (tertiary/aromatic N) is 8. The summed E-state index contributed by atoms with van der Waals surface area (Å²) in [6.07, 6.45) is 0. The molecular weight excluding hydrogens is 408 g/mol. The summed E-state index contributed by atoms with van der Waals surface area (Å²) in [6.45, 7) is 10.5.